The first kappa shape index (κ1) is 42.2. The molecule has 3 aromatic heterocycles. The van der Waals surface area contributed by atoms with Crippen molar-refractivity contribution in [2.45, 2.75) is 17.8 Å². The maximum Gasteiger partial charge on any atom is 2.00 e. The van der Waals surface area contributed by atoms with Gasteiger partial charge >= 0.3 is 37.2 Å². The molecule has 0 spiro atoms. The third-order valence-electron chi connectivity index (χ3n) is 10.8. The van der Waals surface area contributed by atoms with Crippen LogP contribution in [0, 0.1) is 0 Å². The van der Waals surface area contributed by atoms with E-state index < -0.39 is 40.2 Å². The molecule has 0 unspecified atom stereocenters. The summed E-state index contributed by atoms with van der Waals surface area (Å²) in [5, 5.41) is 0.905. The van der Waals surface area contributed by atoms with Crippen LogP contribution in [0.2, 0.25) is 20.1 Å². The molecule has 4 aromatic carbocycles. The van der Waals surface area contributed by atoms with Gasteiger partial charge in [-0.05, 0) is 111 Å². The molecule has 7 aromatic rings. The van der Waals surface area contributed by atoms with Crippen molar-refractivity contribution in [1.29, 1.82) is 0 Å². The van der Waals surface area contributed by atoms with Gasteiger partial charge in [0.05, 0.1) is 28.3 Å². The second-order valence-corrected chi connectivity index (χ2v) is 16.2. The summed E-state index contributed by atoms with van der Waals surface area (Å²) in [6.45, 7) is 0. The van der Waals surface area contributed by atoms with E-state index in [-0.39, 0.29) is 57.9 Å². The molecule has 0 atom stereocenters. The zero-order valence-corrected chi connectivity index (χ0v) is 37.5. The fourth-order valence-electron chi connectivity index (χ4n) is 7.95. The van der Waals surface area contributed by atoms with Gasteiger partial charge in [0.25, 0.3) is 0 Å². The second-order valence-electron chi connectivity index (χ2n) is 14.5. The molecule has 4 nitrogen and oxygen atoms in total. The summed E-state index contributed by atoms with van der Waals surface area (Å²) in [6, 6.07) is 29.4. The summed E-state index contributed by atoms with van der Waals surface area (Å²) < 4.78 is 98.7. The van der Waals surface area contributed by atoms with Crippen molar-refractivity contribution in [2.24, 2.45) is 0 Å². The van der Waals surface area contributed by atoms with E-state index in [1.165, 1.54) is 12.1 Å². The Hall–Kier alpha value is -5.16. The first-order valence-electron chi connectivity index (χ1n) is 18.4. The predicted molar refractivity (Wildman–Crippen MR) is 231 cm³/mol. The van der Waals surface area contributed by atoms with E-state index in [1.807, 2.05) is 6.08 Å². The van der Waals surface area contributed by atoms with Crippen LogP contribution in [0.1, 0.15) is 28.3 Å². The largest absolute Gasteiger partial charge is 2.00 e. The minimum absolute atomic E-state index is 0. The third kappa shape index (κ3) is 6.63. The Labute approximate surface area is 381 Å². The van der Waals surface area contributed by atoms with Crippen molar-refractivity contribution in [2.75, 3.05) is 0 Å². The van der Waals surface area contributed by atoms with Crippen molar-refractivity contribution in [3.05, 3.63) is 164 Å². The molecule has 2 aliphatic heterocycles. The molecule has 0 saturated heterocycles. The van der Waals surface area contributed by atoms with E-state index in [0.29, 0.717) is 65.9 Å². The van der Waals surface area contributed by atoms with Crippen LogP contribution in [0.4, 0.5) is 26.3 Å². The van der Waals surface area contributed by atoms with E-state index in [0.717, 1.165) is 12.1 Å². The van der Waals surface area contributed by atoms with Gasteiger partial charge in [-0.2, -0.15) is 26.3 Å². The summed E-state index contributed by atoms with van der Waals surface area (Å²) in [6.07, 6.45) is 4.32. The second kappa shape index (κ2) is 15.3. The van der Waals surface area contributed by atoms with Crippen LogP contribution in [0.5, 0.6) is 0 Å². The molecule has 1 aliphatic carbocycles. The topological polar surface area (TPSA) is 54.0 Å². The Morgan fingerprint density at radius 2 is 0.839 bits per heavy atom. The Bertz CT molecular complexity index is 3220. The molecule has 0 fully saturated rings. The van der Waals surface area contributed by atoms with E-state index in [9.17, 15) is 0 Å². The van der Waals surface area contributed by atoms with E-state index in [2.05, 4.69) is 4.98 Å². The van der Waals surface area contributed by atoms with Gasteiger partial charge in [0.2, 0.25) is 0 Å². The monoisotopic (exact) mass is 960 g/mol. The van der Waals surface area contributed by atoms with Crippen LogP contribution >= 0.6 is 46.4 Å². The van der Waals surface area contributed by atoms with Crippen LogP contribution < -0.4 is 9.97 Å². The first-order chi connectivity index (χ1) is 29.1. The number of aromatic nitrogens is 4. The Kier molecular flexibility index (Phi) is 10.4. The molecular weight excluding hydrogens is 942 g/mol. The number of fused-ring (bicyclic) bond motifs is 10. The van der Waals surface area contributed by atoms with Crippen molar-refractivity contribution in [3.63, 3.8) is 0 Å². The van der Waals surface area contributed by atoms with Crippen LogP contribution in [-0.2, 0) is 25.4 Å². The molecule has 0 amide bonds. The van der Waals surface area contributed by atoms with Gasteiger partial charge in [-0.15, -0.1) is 22.1 Å². The molecule has 62 heavy (non-hydrogen) atoms. The molecule has 15 heteroatoms. The molecule has 8 bridgehead atoms. The summed E-state index contributed by atoms with van der Waals surface area (Å²) in [7, 11) is 0. The van der Waals surface area contributed by atoms with Gasteiger partial charge in [0, 0.05) is 25.7 Å². The predicted octanol–water partition coefficient (Wildman–Crippen LogP) is 14.9. The number of alkyl halides is 6. The van der Waals surface area contributed by atoms with E-state index in [4.69, 9.17) is 61.4 Å². The average molecular weight is 964 g/mol. The van der Waals surface area contributed by atoms with Crippen molar-refractivity contribution in [3.8, 4) is 44.5 Å². The number of hydrogen-bond donors (Lipinski definition) is 0. The van der Waals surface area contributed by atoms with E-state index >= 15 is 26.3 Å². The van der Waals surface area contributed by atoms with Crippen LogP contribution in [0.25, 0.3) is 90.4 Å². The van der Waals surface area contributed by atoms with E-state index in [1.54, 1.807) is 97.1 Å². The quantitative estimate of drug-likeness (QED) is 0.131. The van der Waals surface area contributed by atoms with Crippen LogP contribution in [0.3, 0.4) is 0 Å². The summed E-state index contributed by atoms with van der Waals surface area (Å²) in [5.41, 5.74) is -0.162. The first-order valence-corrected chi connectivity index (χ1v) is 20.0. The summed E-state index contributed by atoms with van der Waals surface area (Å²) in [4.78, 5) is 19.6. The minimum Gasteiger partial charge on any atom is -0.657 e. The minimum atomic E-state index is -5.97. The van der Waals surface area contributed by atoms with Gasteiger partial charge in [0.15, 0.2) is 0 Å². The summed E-state index contributed by atoms with van der Waals surface area (Å²) >= 11 is 25.0. The number of halogens is 10. The van der Waals surface area contributed by atoms with Crippen molar-refractivity contribution < 1.29 is 45.8 Å². The molecule has 302 valence electrons. The molecule has 5 heterocycles. The molecular formula is C47H22Cl4F6N4Zn. The van der Waals surface area contributed by atoms with Crippen molar-refractivity contribution >= 4 is 92.3 Å². The van der Waals surface area contributed by atoms with Gasteiger partial charge in [-0.3, -0.25) is 0 Å². The Morgan fingerprint density at radius 3 is 1.29 bits per heavy atom. The standard InChI is InChI=1S/C47H22Cl4F6N4.Zn/c48-26-7-1-23(2-8-26)40-33-15-16-34(58-33)41(24-3-9-27(49)10-4-24)36-19-20-38(60-36)43-30-14-13-29(51)21-31(30)45(52,53)47(56,57)46(54,55)32-22-39(61-44(32)43)42(37-18-17-35(40)59-37)25-5-11-28(50)12-6-25;/h1-22H;/q-2;+2. The number of nitrogens with zero attached hydrogens (tertiary/aromatic N) is 4. The zero-order valence-electron chi connectivity index (χ0n) is 31.5. The smallest absolute Gasteiger partial charge is 0.657 e. The third-order valence-corrected chi connectivity index (χ3v) is 11.8. The zero-order chi connectivity index (χ0) is 42.6. The Balaban J connectivity index is 0.00000490. The summed E-state index contributed by atoms with van der Waals surface area (Å²) in [5.74, 6) is -16.9. The fraction of sp³-hybridized carbons (Fsp3) is 0.0638. The molecule has 3 aliphatic rings. The van der Waals surface area contributed by atoms with Crippen molar-refractivity contribution in [1.82, 2.24) is 19.9 Å². The molecule has 0 radical (unpaired) electrons. The van der Waals surface area contributed by atoms with Crippen LogP contribution in [0.15, 0.2) is 115 Å². The number of allylic oxidation sites excluding steroid dienone is 1. The maximum absolute atomic E-state index is 16.8. The SMILES string of the molecule is FC1(F)C2=Cc3nc2c(c2ccc([n-]2)c(-c2ccc(Cl)cc2)c2nc(c(-c4ccc(Cl)cc4)c4ccc([n-]4)c3-c3ccc(Cl)cc3)C=C2)-c2ccc(Cl)cc2C(F)(F)C1(F)F.[Zn+2]. The van der Waals surface area contributed by atoms with Gasteiger partial charge in [0.1, 0.15) is 0 Å². The normalized spacial score (nSPS) is 15.5. The molecule has 0 N–H and O–H groups in total. The average Bonchev–Trinajstić information content (AvgIpc) is 4.07. The van der Waals surface area contributed by atoms with Gasteiger partial charge in [-0.1, -0.05) is 113 Å². The maximum atomic E-state index is 16.8. The number of rotatable bonds is 3. The fourth-order valence-corrected chi connectivity index (χ4v) is 8.50. The van der Waals surface area contributed by atoms with Crippen LogP contribution in [-0.4, -0.2) is 21.8 Å². The molecule has 0 saturated carbocycles. The molecule has 10 rings (SSSR count). The van der Waals surface area contributed by atoms with Gasteiger partial charge in [-0.25, -0.2) is 9.97 Å². The Morgan fingerprint density at radius 1 is 0.435 bits per heavy atom. The number of benzene rings is 4. The van der Waals surface area contributed by atoms with Gasteiger partial charge < -0.3 is 9.97 Å². The number of hydrogen-bond acceptors (Lipinski definition) is 2.